The minimum absolute atomic E-state index is 0. The van der Waals surface area contributed by atoms with E-state index in [4.69, 9.17) is 5.73 Å². The Hall–Kier alpha value is -1.01. The number of hydrogen-bond donors (Lipinski definition) is 1. The zero-order valence-electron chi connectivity index (χ0n) is 8.92. The van der Waals surface area contributed by atoms with Gasteiger partial charge in [0, 0.05) is 6.04 Å². The SMILES string of the molecule is COc1cc([C@H](N)CC(F)(F)F)ccc1F.Cl. The maximum absolute atomic E-state index is 13.0. The molecule has 0 heterocycles. The van der Waals surface area contributed by atoms with E-state index in [1.807, 2.05) is 0 Å². The first-order valence-electron chi connectivity index (χ1n) is 4.49. The summed E-state index contributed by atoms with van der Waals surface area (Å²) in [4.78, 5) is 0. The second-order valence-electron chi connectivity index (χ2n) is 3.32. The Morgan fingerprint density at radius 1 is 1.35 bits per heavy atom. The van der Waals surface area contributed by atoms with Crippen molar-refractivity contribution < 1.29 is 22.3 Å². The predicted octanol–water partition coefficient (Wildman–Crippen LogP) is 3.21. The van der Waals surface area contributed by atoms with Crippen LogP contribution in [0, 0.1) is 5.82 Å². The summed E-state index contributed by atoms with van der Waals surface area (Å²) in [6.07, 6.45) is -5.50. The molecule has 1 rings (SSSR count). The first kappa shape index (κ1) is 16.0. The lowest BCUT2D eigenvalue weighted by Crippen LogP contribution is -2.20. The van der Waals surface area contributed by atoms with Crippen molar-refractivity contribution in [3.63, 3.8) is 0 Å². The van der Waals surface area contributed by atoms with Crippen LogP contribution in [-0.2, 0) is 0 Å². The number of rotatable bonds is 3. The predicted molar refractivity (Wildman–Crippen MR) is 57.8 cm³/mol. The molecule has 17 heavy (non-hydrogen) atoms. The Morgan fingerprint density at radius 2 is 1.94 bits per heavy atom. The summed E-state index contributed by atoms with van der Waals surface area (Å²) in [6, 6.07) is 2.21. The lowest BCUT2D eigenvalue weighted by Gasteiger charge is -2.15. The molecule has 2 nitrogen and oxygen atoms in total. The maximum Gasteiger partial charge on any atom is 0.390 e. The van der Waals surface area contributed by atoms with Crippen LogP contribution in [-0.4, -0.2) is 13.3 Å². The lowest BCUT2D eigenvalue weighted by atomic mass is 10.0. The Morgan fingerprint density at radius 3 is 2.41 bits per heavy atom. The van der Waals surface area contributed by atoms with Gasteiger partial charge in [0.1, 0.15) is 0 Å². The van der Waals surface area contributed by atoms with Crippen LogP contribution in [0.2, 0.25) is 0 Å². The first-order valence-corrected chi connectivity index (χ1v) is 4.49. The van der Waals surface area contributed by atoms with E-state index in [2.05, 4.69) is 4.74 Å². The van der Waals surface area contributed by atoms with Gasteiger partial charge in [-0.25, -0.2) is 4.39 Å². The van der Waals surface area contributed by atoms with Crippen molar-refractivity contribution in [2.75, 3.05) is 7.11 Å². The first-order chi connectivity index (χ1) is 7.33. The molecule has 1 aromatic carbocycles. The van der Waals surface area contributed by atoms with Crippen molar-refractivity contribution in [1.29, 1.82) is 0 Å². The van der Waals surface area contributed by atoms with Crippen LogP contribution in [0.3, 0.4) is 0 Å². The second kappa shape index (κ2) is 6.07. The summed E-state index contributed by atoms with van der Waals surface area (Å²) in [6.45, 7) is 0. The molecule has 7 heteroatoms. The minimum atomic E-state index is -4.35. The summed E-state index contributed by atoms with van der Waals surface area (Å²) in [5.41, 5.74) is 5.55. The zero-order chi connectivity index (χ0) is 12.3. The monoisotopic (exact) mass is 273 g/mol. The average molecular weight is 274 g/mol. The van der Waals surface area contributed by atoms with Crippen LogP contribution in [0.5, 0.6) is 5.75 Å². The molecule has 1 atom stereocenters. The molecule has 0 unspecified atom stereocenters. The summed E-state index contributed by atoms with van der Waals surface area (Å²) >= 11 is 0. The molecule has 2 N–H and O–H groups in total. The van der Waals surface area contributed by atoms with Crippen LogP contribution in [0.4, 0.5) is 17.6 Å². The topological polar surface area (TPSA) is 35.2 Å². The molecule has 0 spiro atoms. The van der Waals surface area contributed by atoms with Gasteiger partial charge in [-0.15, -0.1) is 12.4 Å². The van der Waals surface area contributed by atoms with Gasteiger partial charge in [0.15, 0.2) is 11.6 Å². The van der Waals surface area contributed by atoms with E-state index < -0.39 is 24.5 Å². The quantitative estimate of drug-likeness (QED) is 0.859. The van der Waals surface area contributed by atoms with E-state index in [9.17, 15) is 17.6 Å². The molecule has 0 saturated heterocycles. The normalized spacial score (nSPS) is 12.8. The third-order valence-electron chi connectivity index (χ3n) is 2.05. The van der Waals surface area contributed by atoms with E-state index in [0.717, 1.165) is 6.07 Å². The fourth-order valence-corrected chi connectivity index (χ4v) is 1.27. The Bertz CT molecular complexity index is 370. The molecule has 0 bridgehead atoms. The highest BCUT2D eigenvalue weighted by atomic mass is 35.5. The molecule has 0 aliphatic carbocycles. The molecule has 0 radical (unpaired) electrons. The van der Waals surface area contributed by atoms with E-state index in [0.29, 0.717) is 0 Å². The Balaban J connectivity index is 0.00000256. The second-order valence-corrected chi connectivity index (χ2v) is 3.32. The summed E-state index contributed by atoms with van der Waals surface area (Å²) in [5, 5.41) is 0. The molecule has 0 aliphatic rings. The van der Waals surface area contributed by atoms with Crippen LogP contribution in [0.1, 0.15) is 18.0 Å². The van der Waals surface area contributed by atoms with Crippen molar-refractivity contribution in [1.82, 2.24) is 0 Å². The molecule has 0 aliphatic heterocycles. The van der Waals surface area contributed by atoms with Crippen LogP contribution in [0.25, 0.3) is 0 Å². The molecular formula is C10H12ClF4NO. The molecule has 0 amide bonds. The van der Waals surface area contributed by atoms with Crippen LogP contribution in [0.15, 0.2) is 18.2 Å². The van der Waals surface area contributed by atoms with Gasteiger partial charge in [-0.1, -0.05) is 6.07 Å². The van der Waals surface area contributed by atoms with Crippen LogP contribution < -0.4 is 10.5 Å². The third kappa shape index (κ3) is 4.79. The Labute approximate surface area is 102 Å². The number of hydrogen-bond acceptors (Lipinski definition) is 2. The smallest absolute Gasteiger partial charge is 0.390 e. The number of alkyl halides is 3. The van der Waals surface area contributed by atoms with Gasteiger partial charge in [-0.3, -0.25) is 0 Å². The number of ether oxygens (including phenoxy) is 1. The fraction of sp³-hybridized carbons (Fsp3) is 0.400. The van der Waals surface area contributed by atoms with E-state index in [1.54, 1.807) is 0 Å². The summed E-state index contributed by atoms with van der Waals surface area (Å²) in [7, 11) is 1.23. The molecule has 1 aromatic rings. The standard InChI is InChI=1S/C10H11F4NO.ClH/c1-16-9-4-6(2-3-7(9)11)8(15)5-10(12,13)14;/h2-4,8H,5,15H2,1H3;1H/t8-;/m1./s1. The zero-order valence-corrected chi connectivity index (χ0v) is 9.74. The van der Waals surface area contributed by atoms with E-state index in [1.165, 1.54) is 19.2 Å². The maximum atomic E-state index is 13.0. The van der Waals surface area contributed by atoms with Gasteiger partial charge < -0.3 is 10.5 Å². The van der Waals surface area contributed by atoms with Gasteiger partial charge in [0.2, 0.25) is 0 Å². The number of methoxy groups -OCH3 is 1. The number of nitrogens with two attached hydrogens (primary N) is 1. The molecule has 98 valence electrons. The molecule has 0 aromatic heterocycles. The molecule has 0 saturated carbocycles. The van der Waals surface area contributed by atoms with Gasteiger partial charge in [-0.2, -0.15) is 13.2 Å². The van der Waals surface area contributed by atoms with Crippen molar-refractivity contribution in [2.45, 2.75) is 18.6 Å². The van der Waals surface area contributed by atoms with Gasteiger partial charge in [0.25, 0.3) is 0 Å². The number of benzene rings is 1. The average Bonchev–Trinajstić information content (AvgIpc) is 2.15. The number of halogens is 5. The summed E-state index contributed by atoms with van der Waals surface area (Å²) in [5.74, 6) is -0.749. The Kier molecular flexibility index (Phi) is 5.71. The van der Waals surface area contributed by atoms with Crippen molar-refractivity contribution >= 4 is 12.4 Å². The van der Waals surface area contributed by atoms with Crippen molar-refractivity contribution in [3.8, 4) is 5.75 Å². The highest BCUT2D eigenvalue weighted by Gasteiger charge is 2.31. The van der Waals surface area contributed by atoms with Crippen LogP contribution >= 0.6 is 12.4 Å². The third-order valence-corrected chi connectivity index (χ3v) is 2.05. The fourth-order valence-electron chi connectivity index (χ4n) is 1.27. The molecule has 0 fully saturated rings. The van der Waals surface area contributed by atoms with E-state index in [-0.39, 0.29) is 23.7 Å². The van der Waals surface area contributed by atoms with Gasteiger partial charge >= 0.3 is 6.18 Å². The minimum Gasteiger partial charge on any atom is -0.494 e. The lowest BCUT2D eigenvalue weighted by molar-refractivity contribution is -0.138. The van der Waals surface area contributed by atoms with Gasteiger partial charge in [-0.05, 0) is 17.7 Å². The largest absolute Gasteiger partial charge is 0.494 e. The highest BCUT2D eigenvalue weighted by molar-refractivity contribution is 5.85. The van der Waals surface area contributed by atoms with Crippen molar-refractivity contribution in [2.24, 2.45) is 5.73 Å². The summed E-state index contributed by atoms with van der Waals surface area (Å²) < 4.78 is 53.8. The van der Waals surface area contributed by atoms with Crippen molar-refractivity contribution in [3.05, 3.63) is 29.6 Å². The van der Waals surface area contributed by atoms with Gasteiger partial charge in [0.05, 0.1) is 13.5 Å². The highest BCUT2D eigenvalue weighted by Crippen LogP contribution is 2.30. The van der Waals surface area contributed by atoms with E-state index >= 15 is 0 Å². The molecular weight excluding hydrogens is 262 g/mol.